The molecule has 1 aromatic rings. The summed E-state index contributed by atoms with van der Waals surface area (Å²) >= 11 is 0. The third kappa shape index (κ3) is 3.80. The standard InChI is InChI=1S/C15H22O3/c1-3-13-9-14(10-15(16-2)18-13)17-11-12-7-5-4-6-8-12/h4-8,13-15H,3,9-11H2,1-2H3/t13-,14+,15+/m1/s1. The Balaban J connectivity index is 1.84. The van der Waals surface area contributed by atoms with E-state index in [9.17, 15) is 0 Å². The summed E-state index contributed by atoms with van der Waals surface area (Å²) in [6, 6.07) is 10.3. The van der Waals surface area contributed by atoms with E-state index in [-0.39, 0.29) is 18.5 Å². The molecule has 1 aromatic carbocycles. The van der Waals surface area contributed by atoms with E-state index in [1.165, 1.54) is 5.56 Å². The predicted molar refractivity (Wildman–Crippen MR) is 70.2 cm³/mol. The molecule has 0 radical (unpaired) electrons. The lowest BCUT2D eigenvalue weighted by Crippen LogP contribution is -2.37. The molecule has 100 valence electrons. The van der Waals surface area contributed by atoms with Crippen LogP contribution in [0.4, 0.5) is 0 Å². The zero-order valence-electron chi connectivity index (χ0n) is 11.2. The summed E-state index contributed by atoms with van der Waals surface area (Å²) in [6.45, 7) is 2.80. The van der Waals surface area contributed by atoms with Gasteiger partial charge in [-0.25, -0.2) is 0 Å². The molecule has 1 saturated heterocycles. The third-order valence-electron chi connectivity index (χ3n) is 3.37. The van der Waals surface area contributed by atoms with Crippen molar-refractivity contribution in [3.8, 4) is 0 Å². The minimum absolute atomic E-state index is 0.121. The van der Waals surface area contributed by atoms with Gasteiger partial charge in [-0.15, -0.1) is 0 Å². The molecule has 1 aliphatic heterocycles. The molecule has 3 nitrogen and oxygen atoms in total. The Hall–Kier alpha value is -0.900. The van der Waals surface area contributed by atoms with Crippen molar-refractivity contribution in [3.63, 3.8) is 0 Å². The maximum absolute atomic E-state index is 5.97. The van der Waals surface area contributed by atoms with Crippen molar-refractivity contribution in [3.05, 3.63) is 35.9 Å². The van der Waals surface area contributed by atoms with Gasteiger partial charge < -0.3 is 14.2 Å². The van der Waals surface area contributed by atoms with E-state index in [0.29, 0.717) is 6.61 Å². The third-order valence-corrected chi connectivity index (χ3v) is 3.37. The second-order valence-corrected chi connectivity index (χ2v) is 4.72. The summed E-state index contributed by atoms with van der Waals surface area (Å²) < 4.78 is 17.0. The Morgan fingerprint density at radius 3 is 2.67 bits per heavy atom. The van der Waals surface area contributed by atoms with Crippen LogP contribution in [0.2, 0.25) is 0 Å². The monoisotopic (exact) mass is 250 g/mol. The highest BCUT2D eigenvalue weighted by Crippen LogP contribution is 2.25. The molecule has 0 unspecified atom stereocenters. The maximum atomic E-state index is 5.97. The zero-order chi connectivity index (χ0) is 12.8. The fraction of sp³-hybridized carbons (Fsp3) is 0.600. The average Bonchev–Trinajstić information content (AvgIpc) is 2.45. The summed E-state index contributed by atoms with van der Waals surface area (Å²) in [5.74, 6) is 0. The van der Waals surface area contributed by atoms with Crippen molar-refractivity contribution in [2.45, 2.75) is 51.3 Å². The van der Waals surface area contributed by atoms with E-state index in [1.807, 2.05) is 18.2 Å². The molecular weight excluding hydrogens is 228 g/mol. The molecule has 2 rings (SSSR count). The smallest absolute Gasteiger partial charge is 0.160 e. The molecule has 1 fully saturated rings. The predicted octanol–water partition coefficient (Wildman–Crippen LogP) is 3.13. The van der Waals surface area contributed by atoms with Gasteiger partial charge in [0.15, 0.2) is 6.29 Å². The Morgan fingerprint density at radius 1 is 1.22 bits per heavy atom. The van der Waals surface area contributed by atoms with Gasteiger partial charge >= 0.3 is 0 Å². The van der Waals surface area contributed by atoms with Crippen LogP contribution in [-0.2, 0) is 20.8 Å². The van der Waals surface area contributed by atoms with Crippen LogP contribution in [0.25, 0.3) is 0 Å². The lowest BCUT2D eigenvalue weighted by molar-refractivity contribution is -0.212. The molecule has 0 amide bonds. The van der Waals surface area contributed by atoms with Crippen LogP contribution < -0.4 is 0 Å². The lowest BCUT2D eigenvalue weighted by atomic mass is 10.0. The summed E-state index contributed by atoms with van der Waals surface area (Å²) in [7, 11) is 1.69. The Bertz CT molecular complexity index is 327. The molecule has 0 spiro atoms. The molecule has 1 aliphatic rings. The summed E-state index contributed by atoms with van der Waals surface area (Å²) in [6.07, 6.45) is 3.15. The fourth-order valence-electron chi connectivity index (χ4n) is 2.27. The molecule has 18 heavy (non-hydrogen) atoms. The summed E-state index contributed by atoms with van der Waals surface area (Å²) in [5, 5.41) is 0. The highest BCUT2D eigenvalue weighted by Gasteiger charge is 2.28. The van der Waals surface area contributed by atoms with Crippen LogP contribution >= 0.6 is 0 Å². The normalized spacial score (nSPS) is 28.2. The topological polar surface area (TPSA) is 27.7 Å². The van der Waals surface area contributed by atoms with Crippen molar-refractivity contribution >= 4 is 0 Å². The van der Waals surface area contributed by atoms with E-state index in [1.54, 1.807) is 7.11 Å². The number of ether oxygens (including phenoxy) is 3. The highest BCUT2D eigenvalue weighted by atomic mass is 16.7. The first-order valence-corrected chi connectivity index (χ1v) is 6.65. The van der Waals surface area contributed by atoms with Gasteiger partial charge in [0.1, 0.15) is 0 Å². The zero-order valence-corrected chi connectivity index (χ0v) is 11.2. The molecule has 0 bridgehead atoms. The molecule has 0 aromatic heterocycles. The van der Waals surface area contributed by atoms with Gasteiger partial charge in [0.05, 0.1) is 18.8 Å². The molecule has 3 atom stereocenters. The summed E-state index contributed by atoms with van der Waals surface area (Å²) in [4.78, 5) is 0. The van der Waals surface area contributed by atoms with Gasteiger partial charge in [-0.05, 0) is 12.0 Å². The Labute approximate surface area is 109 Å². The SMILES string of the molecule is CC[C@@H]1C[C@H](OCc2ccccc2)C[C@@H](OC)O1. The van der Waals surface area contributed by atoms with Gasteiger partial charge in [-0.2, -0.15) is 0 Å². The van der Waals surface area contributed by atoms with Gasteiger partial charge in [-0.3, -0.25) is 0 Å². The van der Waals surface area contributed by atoms with E-state index in [4.69, 9.17) is 14.2 Å². The number of methoxy groups -OCH3 is 1. The van der Waals surface area contributed by atoms with Crippen LogP contribution in [0, 0.1) is 0 Å². The van der Waals surface area contributed by atoms with Gasteiger partial charge in [0.2, 0.25) is 0 Å². The second-order valence-electron chi connectivity index (χ2n) is 4.72. The van der Waals surface area contributed by atoms with Crippen LogP contribution in [0.15, 0.2) is 30.3 Å². The first kappa shape index (κ1) is 13.5. The van der Waals surface area contributed by atoms with E-state index >= 15 is 0 Å². The fourth-order valence-corrected chi connectivity index (χ4v) is 2.27. The maximum Gasteiger partial charge on any atom is 0.160 e. The first-order valence-electron chi connectivity index (χ1n) is 6.65. The number of rotatable bonds is 5. The van der Waals surface area contributed by atoms with Crippen molar-refractivity contribution in [1.82, 2.24) is 0 Å². The van der Waals surface area contributed by atoms with Gasteiger partial charge in [0.25, 0.3) is 0 Å². The largest absolute Gasteiger partial charge is 0.373 e. The van der Waals surface area contributed by atoms with Crippen molar-refractivity contribution in [2.24, 2.45) is 0 Å². The highest BCUT2D eigenvalue weighted by molar-refractivity contribution is 5.13. The lowest BCUT2D eigenvalue weighted by Gasteiger charge is -2.34. The molecule has 3 heteroatoms. The number of hydrogen-bond acceptors (Lipinski definition) is 3. The van der Waals surface area contributed by atoms with Gasteiger partial charge in [0, 0.05) is 20.0 Å². The van der Waals surface area contributed by atoms with Crippen LogP contribution in [-0.4, -0.2) is 25.6 Å². The first-order chi connectivity index (χ1) is 8.81. The van der Waals surface area contributed by atoms with Crippen LogP contribution in [0.1, 0.15) is 31.7 Å². The van der Waals surface area contributed by atoms with E-state index in [2.05, 4.69) is 19.1 Å². The van der Waals surface area contributed by atoms with Crippen molar-refractivity contribution < 1.29 is 14.2 Å². The molecule has 0 N–H and O–H groups in total. The molecule has 0 saturated carbocycles. The minimum atomic E-state index is -0.121. The van der Waals surface area contributed by atoms with Crippen LogP contribution in [0.3, 0.4) is 0 Å². The van der Waals surface area contributed by atoms with Crippen molar-refractivity contribution in [2.75, 3.05) is 7.11 Å². The minimum Gasteiger partial charge on any atom is -0.373 e. The summed E-state index contributed by atoms with van der Waals surface area (Å²) in [5.41, 5.74) is 1.21. The number of benzene rings is 1. The second kappa shape index (κ2) is 6.88. The molecule has 0 aliphatic carbocycles. The Morgan fingerprint density at radius 2 is 2.00 bits per heavy atom. The van der Waals surface area contributed by atoms with E-state index < -0.39 is 0 Å². The quantitative estimate of drug-likeness (QED) is 0.803. The molecule has 1 heterocycles. The Kier molecular flexibility index (Phi) is 5.17. The molecular formula is C15H22O3. The van der Waals surface area contributed by atoms with E-state index in [0.717, 1.165) is 19.3 Å². The number of hydrogen-bond donors (Lipinski definition) is 0. The average molecular weight is 250 g/mol. The van der Waals surface area contributed by atoms with Crippen molar-refractivity contribution in [1.29, 1.82) is 0 Å². The van der Waals surface area contributed by atoms with Gasteiger partial charge in [-0.1, -0.05) is 37.3 Å². The van der Waals surface area contributed by atoms with Crippen LogP contribution in [0.5, 0.6) is 0 Å².